The molecule has 0 radical (unpaired) electrons. The highest BCUT2D eigenvalue weighted by atomic mass is 127. The van der Waals surface area contributed by atoms with Gasteiger partial charge in [0.2, 0.25) is 0 Å². The van der Waals surface area contributed by atoms with Crippen LogP contribution in [0, 0.1) is 3.57 Å². The highest BCUT2D eigenvalue weighted by Crippen LogP contribution is 2.16. The number of benzene rings is 1. The second kappa shape index (κ2) is 5.75. The van der Waals surface area contributed by atoms with Gasteiger partial charge in [-0.2, -0.15) is 0 Å². The molecule has 0 bridgehead atoms. The standard InChI is InChI=1S/C8H10INO.ClH/c9-7-4-2-1-3-6(7)8(10)5-11;/h1-4,8,11H,5,10H2;1H/t8-;/m1./s1. The van der Waals surface area contributed by atoms with Gasteiger partial charge in [-0.05, 0) is 34.2 Å². The van der Waals surface area contributed by atoms with E-state index in [0.717, 1.165) is 9.13 Å². The molecule has 1 aromatic carbocycles. The fraction of sp³-hybridized carbons (Fsp3) is 0.250. The van der Waals surface area contributed by atoms with E-state index >= 15 is 0 Å². The van der Waals surface area contributed by atoms with Crippen LogP contribution in [0.15, 0.2) is 24.3 Å². The Bertz CT molecular complexity index is 244. The van der Waals surface area contributed by atoms with Crippen molar-refractivity contribution < 1.29 is 5.11 Å². The third-order valence-electron chi connectivity index (χ3n) is 1.50. The molecule has 0 aliphatic rings. The van der Waals surface area contributed by atoms with Crippen molar-refractivity contribution in [3.8, 4) is 0 Å². The summed E-state index contributed by atoms with van der Waals surface area (Å²) in [5.74, 6) is 0. The van der Waals surface area contributed by atoms with Crippen LogP contribution in [0.25, 0.3) is 0 Å². The maximum Gasteiger partial charge on any atom is 0.0624 e. The Morgan fingerprint density at radius 1 is 1.42 bits per heavy atom. The van der Waals surface area contributed by atoms with E-state index in [-0.39, 0.29) is 25.1 Å². The Morgan fingerprint density at radius 3 is 2.50 bits per heavy atom. The number of hydrogen-bond donors (Lipinski definition) is 2. The Labute approximate surface area is 91.7 Å². The van der Waals surface area contributed by atoms with E-state index in [2.05, 4.69) is 22.6 Å². The van der Waals surface area contributed by atoms with Gasteiger partial charge in [0, 0.05) is 3.57 Å². The molecule has 2 nitrogen and oxygen atoms in total. The number of hydrogen-bond acceptors (Lipinski definition) is 2. The number of aliphatic hydroxyl groups excluding tert-OH is 1. The maximum atomic E-state index is 8.78. The Morgan fingerprint density at radius 2 is 2.00 bits per heavy atom. The van der Waals surface area contributed by atoms with Crippen molar-refractivity contribution in [3.05, 3.63) is 33.4 Å². The number of halogens is 2. The van der Waals surface area contributed by atoms with Crippen molar-refractivity contribution in [2.24, 2.45) is 5.73 Å². The van der Waals surface area contributed by atoms with E-state index in [1.165, 1.54) is 0 Å². The van der Waals surface area contributed by atoms with E-state index in [4.69, 9.17) is 10.8 Å². The summed E-state index contributed by atoms with van der Waals surface area (Å²) in [5, 5.41) is 8.78. The van der Waals surface area contributed by atoms with Crippen molar-refractivity contribution in [1.29, 1.82) is 0 Å². The van der Waals surface area contributed by atoms with Gasteiger partial charge in [0.05, 0.1) is 12.6 Å². The average molecular weight is 300 g/mol. The first-order chi connectivity index (χ1) is 5.25. The molecule has 1 atom stereocenters. The van der Waals surface area contributed by atoms with E-state index in [0.29, 0.717) is 0 Å². The molecular formula is C8H11ClINO. The molecule has 0 aliphatic heterocycles. The van der Waals surface area contributed by atoms with E-state index in [1.54, 1.807) is 0 Å². The summed E-state index contributed by atoms with van der Waals surface area (Å²) < 4.78 is 1.10. The summed E-state index contributed by atoms with van der Waals surface area (Å²) in [4.78, 5) is 0. The molecule has 0 fully saturated rings. The average Bonchev–Trinajstić information content (AvgIpc) is 2.04. The van der Waals surface area contributed by atoms with Crippen LogP contribution in [0.3, 0.4) is 0 Å². The first kappa shape index (κ1) is 12.2. The molecule has 1 rings (SSSR count). The van der Waals surface area contributed by atoms with Crippen molar-refractivity contribution >= 4 is 35.0 Å². The van der Waals surface area contributed by atoms with Crippen LogP contribution in [-0.2, 0) is 0 Å². The molecular weight excluding hydrogens is 288 g/mol. The van der Waals surface area contributed by atoms with E-state index in [1.807, 2.05) is 24.3 Å². The Balaban J connectivity index is 0.00000121. The number of nitrogens with two attached hydrogens (primary N) is 1. The topological polar surface area (TPSA) is 46.2 Å². The van der Waals surface area contributed by atoms with Crippen LogP contribution in [0.2, 0.25) is 0 Å². The van der Waals surface area contributed by atoms with Gasteiger partial charge < -0.3 is 10.8 Å². The van der Waals surface area contributed by atoms with Gasteiger partial charge in [-0.25, -0.2) is 0 Å². The zero-order valence-corrected chi connectivity index (χ0v) is 9.38. The molecule has 0 heterocycles. The molecule has 0 aromatic heterocycles. The molecule has 12 heavy (non-hydrogen) atoms. The maximum absolute atomic E-state index is 8.78. The number of rotatable bonds is 2. The van der Waals surface area contributed by atoms with Crippen molar-refractivity contribution in [2.75, 3.05) is 6.61 Å². The fourth-order valence-corrected chi connectivity index (χ4v) is 1.66. The van der Waals surface area contributed by atoms with Crippen LogP contribution in [0.1, 0.15) is 11.6 Å². The Hall–Kier alpha value is 0.160. The highest BCUT2D eigenvalue weighted by Gasteiger charge is 2.06. The van der Waals surface area contributed by atoms with Gasteiger partial charge in [0.25, 0.3) is 0 Å². The smallest absolute Gasteiger partial charge is 0.0624 e. The third-order valence-corrected chi connectivity index (χ3v) is 2.48. The van der Waals surface area contributed by atoms with Crippen LogP contribution in [0.4, 0.5) is 0 Å². The summed E-state index contributed by atoms with van der Waals surface area (Å²) in [6.07, 6.45) is 0. The minimum absolute atomic E-state index is 0. The zero-order chi connectivity index (χ0) is 8.27. The molecule has 0 saturated heterocycles. The summed E-state index contributed by atoms with van der Waals surface area (Å²) in [5.41, 5.74) is 6.65. The fourth-order valence-electron chi connectivity index (χ4n) is 0.874. The SMILES string of the molecule is Cl.N[C@H](CO)c1ccccc1I. The molecule has 0 saturated carbocycles. The quantitative estimate of drug-likeness (QED) is 0.817. The first-order valence-electron chi connectivity index (χ1n) is 3.36. The molecule has 4 heteroatoms. The highest BCUT2D eigenvalue weighted by molar-refractivity contribution is 14.1. The largest absolute Gasteiger partial charge is 0.394 e. The lowest BCUT2D eigenvalue weighted by atomic mass is 10.1. The predicted octanol–water partition coefficient (Wildman–Crippen LogP) is 1.71. The van der Waals surface area contributed by atoms with Gasteiger partial charge in [-0.15, -0.1) is 12.4 Å². The van der Waals surface area contributed by atoms with E-state index in [9.17, 15) is 0 Å². The lowest BCUT2D eigenvalue weighted by molar-refractivity contribution is 0.267. The predicted molar refractivity (Wildman–Crippen MR) is 60.4 cm³/mol. The second-order valence-electron chi connectivity index (χ2n) is 2.31. The molecule has 3 N–H and O–H groups in total. The third kappa shape index (κ3) is 2.90. The summed E-state index contributed by atoms with van der Waals surface area (Å²) in [6, 6.07) is 7.54. The van der Waals surface area contributed by atoms with Crippen LogP contribution < -0.4 is 5.73 Å². The Kier molecular flexibility index (Phi) is 5.82. The molecule has 0 amide bonds. The minimum atomic E-state index is -0.247. The van der Waals surface area contributed by atoms with Gasteiger partial charge in [-0.3, -0.25) is 0 Å². The van der Waals surface area contributed by atoms with Gasteiger partial charge in [0.1, 0.15) is 0 Å². The lowest BCUT2D eigenvalue weighted by Gasteiger charge is -2.09. The molecule has 0 unspecified atom stereocenters. The van der Waals surface area contributed by atoms with Crippen LogP contribution in [-0.4, -0.2) is 11.7 Å². The monoisotopic (exact) mass is 299 g/mol. The second-order valence-corrected chi connectivity index (χ2v) is 3.47. The van der Waals surface area contributed by atoms with Gasteiger partial charge >= 0.3 is 0 Å². The van der Waals surface area contributed by atoms with E-state index < -0.39 is 0 Å². The van der Waals surface area contributed by atoms with Crippen molar-refractivity contribution in [3.63, 3.8) is 0 Å². The minimum Gasteiger partial charge on any atom is -0.394 e. The molecule has 1 aromatic rings. The normalized spacial score (nSPS) is 11.9. The molecule has 0 aliphatic carbocycles. The van der Waals surface area contributed by atoms with Gasteiger partial charge in [0.15, 0.2) is 0 Å². The van der Waals surface area contributed by atoms with Crippen molar-refractivity contribution in [1.82, 2.24) is 0 Å². The number of aliphatic hydroxyl groups is 1. The zero-order valence-electron chi connectivity index (χ0n) is 6.40. The summed E-state index contributed by atoms with van der Waals surface area (Å²) in [7, 11) is 0. The lowest BCUT2D eigenvalue weighted by Crippen LogP contribution is -2.15. The molecule has 0 spiro atoms. The van der Waals surface area contributed by atoms with Crippen LogP contribution in [0.5, 0.6) is 0 Å². The van der Waals surface area contributed by atoms with Gasteiger partial charge in [-0.1, -0.05) is 18.2 Å². The molecule has 68 valence electrons. The van der Waals surface area contributed by atoms with Crippen molar-refractivity contribution in [2.45, 2.75) is 6.04 Å². The van der Waals surface area contributed by atoms with Crippen LogP contribution >= 0.6 is 35.0 Å². The summed E-state index contributed by atoms with van der Waals surface area (Å²) >= 11 is 2.21. The first-order valence-corrected chi connectivity index (χ1v) is 4.44. The summed E-state index contributed by atoms with van der Waals surface area (Å²) in [6.45, 7) is 0.0000148.